The standard InChI is InChI=1S/C19H25N5O3/c1-13-12-16(23-19(21-13)20-10-5-11-24(2)3)17(25)22-15-8-6-14(7-9-15)18(26)27-4/h6-9,12H,5,10-11H2,1-4H3,(H,22,25)(H,20,21,23). The summed E-state index contributed by atoms with van der Waals surface area (Å²) in [4.78, 5) is 34.6. The monoisotopic (exact) mass is 371 g/mol. The van der Waals surface area contributed by atoms with Crippen molar-refractivity contribution in [3.63, 3.8) is 0 Å². The quantitative estimate of drug-likeness (QED) is 0.542. The van der Waals surface area contributed by atoms with Gasteiger partial charge < -0.3 is 20.3 Å². The molecule has 1 aromatic carbocycles. The number of aryl methyl sites for hydroxylation is 1. The van der Waals surface area contributed by atoms with Crippen molar-refractivity contribution in [1.82, 2.24) is 14.9 Å². The SMILES string of the molecule is COC(=O)c1ccc(NC(=O)c2cc(C)nc(NCCCN(C)C)n2)cc1. The van der Waals surface area contributed by atoms with Crippen molar-refractivity contribution in [2.75, 3.05) is 44.9 Å². The lowest BCUT2D eigenvalue weighted by molar-refractivity contribution is 0.0600. The highest BCUT2D eigenvalue weighted by molar-refractivity contribution is 6.03. The number of rotatable bonds is 8. The molecule has 8 heteroatoms. The van der Waals surface area contributed by atoms with Crippen molar-refractivity contribution >= 4 is 23.5 Å². The number of carbonyl (C=O) groups excluding carboxylic acids is 2. The molecular weight excluding hydrogens is 346 g/mol. The number of hydrogen-bond acceptors (Lipinski definition) is 7. The summed E-state index contributed by atoms with van der Waals surface area (Å²) in [6, 6.07) is 8.08. The molecule has 0 aliphatic rings. The smallest absolute Gasteiger partial charge is 0.337 e. The minimum Gasteiger partial charge on any atom is -0.465 e. The lowest BCUT2D eigenvalue weighted by Crippen LogP contribution is -2.19. The van der Waals surface area contributed by atoms with Gasteiger partial charge >= 0.3 is 5.97 Å². The zero-order valence-electron chi connectivity index (χ0n) is 16.1. The van der Waals surface area contributed by atoms with Crippen molar-refractivity contribution in [3.8, 4) is 0 Å². The second-order valence-electron chi connectivity index (χ2n) is 6.32. The summed E-state index contributed by atoms with van der Waals surface area (Å²) in [7, 11) is 5.36. The summed E-state index contributed by atoms with van der Waals surface area (Å²) in [6.07, 6.45) is 0.943. The fraction of sp³-hybridized carbons (Fsp3) is 0.368. The number of nitrogens with zero attached hydrogens (tertiary/aromatic N) is 3. The molecule has 27 heavy (non-hydrogen) atoms. The zero-order chi connectivity index (χ0) is 19.8. The number of anilines is 2. The Balaban J connectivity index is 2.02. The average molecular weight is 371 g/mol. The lowest BCUT2D eigenvalue weighted by atomic mass is 10.2. The first-order valence-electron chi connectivity index (χ1n) is 8.63. The molecule has 0 unspecified atom stereocenters. The van der Waals surface area contributed by atoms with Crippen LogP contribution in [0.1, 0.15) is 33.0 Å². The predicted molar refractivity (Wildman–Crippen MR) is 104 cm³/mol. The van der Waals surface area contributed by atoms with E-state index in [4.69, 9.17) is 0 Å². The second-order valence-corrected chi connectivity index (χ2v) is 6.32. The second kappa shape index (κ2) is 9.63. The molecule has 0 aliphatic carbocycles. The maximum atomic E-state index is 12.5. The van der Waals surface area contributed by atoms with Crippen LogP contribution < -0.4 is 10.6 Å². The molecule has 0 saturated heterocycles. The number of hydrogen-bond donors (Lipinski definition) is 2. The summed E-state index contributed by atoms with van der Waals surface area (Å²) >= 11 is 0. The molecule has 2 aromatic rings. The first-order chi connectivity index (χ1) is 12.9. The fourth-order valence-corrected chi connectivity index (χ4v) is 2.36. The molecule has 0 fully saturated rings. The number of ether oxygens (including phenoxy) is 1. The molecule has 1 heterocycles. The Morgan fingerprint density at radius 2 is 1.85 bits per heavy atom. The highest BCUT2D eigenvalue weighted by Crippen LogP contribution is 2.13. The van der Waals surface area contributed by atoms with Gasteiger partial charge in [0.05, 0.1) is 12.7 Å². The van der Waals surface area contributed by atoms with E-state index in [1.807, 2.05) is 21.0 Å². The molecule has 0 atom stereocenters. The van der Waals surface area contributed by atoms with Crippen LogP contribution in [0.15, 0.2) is 30.3 Å². The molecule has 2 N–H and O–H groups in total. The van der Waals surface area contributed by atoms with Crippen molar-refractivity contribution in [3.05, 3.63) is 47.3 Å². The Morgan fingerprint density at radius 3 is 2.48 bits per heavy atom. The Labute approximate surface area is 159 Å². The van der Waals surface area contributed by atoms with Crippen LogP contribution in [0.25, 0.3) is 0 Å². The number of methoxy groups -OCH3 is 1. The van der Waals surface area contributed by atoms with E-state index >= 15 is 0 Å². The molecule has 8 nitrogen and oxygen atoms in total. The first-order valence-corrected chi connectivity index (χ1v) is 8.63. The van der Waals surface area contributed by atoms with Crippen molar-refractivity contribution in [2.24, 2.45) is 0 Å². The summed E-state index contributed by atoms with van der Waals surface area (Å²) in [5.41, 5.74) is 1.95. The van der Waals surface area contributed by atoms with E-state index in [0.29, 0.717) is 22.9 Å². The van der Waals surface area contributed by atoms with Gasteiger partial charge in [0.25, 0.3) is 5.91 Å². The van der Waals surface area contributed by atoms with Crippen LogP contribution in [-0.2, 0) is 4.74 Å². The van der Waals surface area contributed by atoms with E-state index in [-0.39, 0.29) is 11.6 Å². The van der Waals surface area contributed by atoms with E-state index in [9.17, 15) is 9.59 Å². The minimum absolute atomic E-state index is 0.273. The molecule has 2 rings (SSSR count). The summed E-state index contributed by atoms with van der Waals surface area (Å²) in [5.74, 6) is -0.341. The summed E-state index contributed by atoms with van der Waals surface area (Å²) in [5, 5.41) is 5.91. The van der Waals surface area contributed by atoms with Crippen molar-refractivity contribution in [1.29, 1.82) is 0 Å². The topological polar surface area (TPSA) is 96.4 Å². The van der Waals surface area contributed by atoms with Gasteiger partial charge in [0.1, 0.15) is 5.69 Å². The van der Waals surface area contributed by atoms with Gasteiger partial charge in [0.15, 0.2) is 0 Å². The first kappa shape index (κ1) is 20.3. The van der Waals surface area contributed by atoms with E-state index < -0.39 is 5.97 Å². The molecule has 0 spiro atoms. The fourth-order valence-electron chi connectivity index (χ4n) is 2.36. The van der Waals surface area contributed by atoms with Crippen LogP contribution in [-0.4, -0.2) is 61.0 Å². The number of amides is 1. The van der Waals surface area contributed by atoms with Crippen molar-refractivity contribution < 1.29 is 14.3 Å². The van der Waals surface area contributed by atoms with E-state index in [1.54, 1.807) is 30.3 Å². The number of esters is 1. The third kappa shape index (κ3) is 6.34. The van der Waals surface area contributed by atoms with Gasteiger partial charge in [-0.05, 0) is 64.3 Å². The number of benzene rings is 1. The molecule has 1 aromatic heterocycles. The van der Waals surface area contributed by atoms with Crippen LogP contribution in [0.4, 0.5) is 11.6 Å². The van der Waals surface area contributed by atoms with Gasteiger partial charge in [-0.1, -0.05) is 0 Å². The number of carbonyl (C=O) groups is 2. The third-order valence-corrected chi connectivity index (χ3v) is 3.72. The zero-order valence-corrected chi connectivity index (χ0v) is 16.1. The Hall–Kier alpha value is -3.00. The lowest BCUT2D eigenvalue weighted by Gasteiger charge is -2.11. The number of aromatic nitrogens is 2. The maximum Gasteiger partial charge on any atom is 0.337 e. The van der Waals surface area contributed by atoms with Crippen LogP contribution in [0.3, 0.4) is 0 Å². The molecular formula is C19H25N5O3. The van der Waals surface area contributed by atoms with Gasteiger partial charge in [-0.3, -0.25) is 4.79 Å². The normalized spacial score (nSPS) is 10.6. The third-order valence-electron chi connectivity index (χ3n) is 3.72. The molecule has 0 bridgehead atoms. The van der Waals surface area contributed by atoms with E-state index in [0.717, 1.165) is 19.5 Å². The average Bonchev–Trinajstić information content (AvgIpc) is 2.64. The molecule has 1 amide bonds. The van der Waals surface area contributed by atoms with E-state index in [1.165, 1.54) is 7.11 Å². The predicted octanol–water partition coefficient (Wildman–Crippen LogP) is 2.19. The van der Waals surface area contributed by atoms with Gasteiger partial charge in [-0.2, -0.15) is 0 Å². The summed E-state index contributed by atoms with van der Waals surface area (Å²) < 4.78 is 4.65. The molecule has 0 radical (unpaired) electrons. The van der Waals surface area contributed by atoms with Crippen LogP contribution in [0.5, 0.6) is 0 Å². The maximum absolute atomic E-state index is 12.5. The Bertz CT molecular complexity index is 790. The summed E-state index contributed by atoms with van der Waals surface area (Å²) in [6.45, 7) is 3.49. The molecule has 0 saturated carbocycles. The van der Waals surface area contributed by atoms with E-state index in [2.05, 4.69) is 30.2 Å². The van der Waals surface area contributed by atoms with Crippen LogP contribution in [0, 0.1) is 6.92 Å². The Kier molecular flexibility index (Phi) is 7.25. The van der Waals surface area contributed by atoms with Gasteiger partial charge in [0.2, 0.25) is 5.95 Å². The largest absolute Gasteiger partial charge is 0.465 e. The van der Waals surface area contributed by atoms with Gasteiger partial charge in [0, 0.05) is 17.9 Å². The van der Waals surface area contributed by atoms with Crippen LogP contribution in [0.2, 0.25) is 0 Å². The Morgan fingerprint density at radius 1 is 1.15 bits per heavy atom. The van der Waals surface area contributed by atoms with Crippen LogP contribution >= 0.6 is 0 Å². The molecule has 144 valence electrons. The van der Waals surface area contributed by atoms with Crippen molar-refractivity contribution in [2.45, 2.75) is 13.3 Å². The van der Waals surface area contributed by atoms with Gasteiger partial charge in [-0.25, -0.2) is 14.8 Å². The number of nitrogens with one attached hydrogen (secondary N) is 2. The molecule has 0 aliphatic heterocycles. The minimum atomic E-state index is -0.427. The van der Waals surface area contributed by atoms with Gasteiger partial charge in [-0.15, -0.1) is 0 Å². The highest BCUT2D eigenvalue weighted by Gasteiger charge is 2.12. The highest BCUT2D eigenvalue weighted by atomic mass is 16.5.